The van der Waals surface area contributed by atoms with Gasteiger partial charge in [0.05, 0.1) is 12.3 Å². The van der Waals surface area contributed by atoms with Gasteiger partial charge in [-0.1, -0.05) is 12.2 Å². The van der Waals surface area contributed by atoms with Crippen LogP contribution in [0.2, 0.25) is 0 Å². The van der Waals surface area contributed by atoms with E-state index in [2.05, 4.69) is 5.32 Å². The first kappa shape index (κ1) is 12.7. The normalized spacial score (nSPS) is 24.4. The van der Waals surface area contributed by atoms with Crippen molar-refractivity contribution in [3.63, 3.8) is 0 Å². The largest absolute Gasteiger partial charge is 0.481 e. The van der Waals surface area contributed by atoms with Crippen LogP contribution in [0.5, 0.6) is 0 Å². The number of amides is 1. The molecule has 1 rings (SSSR count). The Morgan fingerprint density at radius 2 is 2.12 bits per heavy atom. The van der Waals surface area contributed by atoms with Gasteiger partial charge in [-0.2, -0.15) is 0 Å². The summed E-state index contributed by atoms with van der Waals surface area (Å²) in [5.74, 6) is -1.32. The summed E-state index contributed by atoms with van der Waals surface area (Å²) in [5.41, 5.74) is 4.91. The third kappa shape index (κ3) is 3.66. The van der Waals surface area contributed by atoms with Crippen LogP contribution in [-0.2, 0) is 9.59 Å². The Bertz CT molecular complexity index is 323. The predicted molar refractivity (Wildman–Crippen MR) is 59.7 cm³/mol. The first-order chi connectivity index (χ1) is 7.30. The van der Waals surface area contributed by atoms with Gasteiger partial charge in [0, 0.05) is 11.6 Å². The predicted octanol–water partition coefficient (Wildman–Crippen LogP) is 0.259. The van der Waals surface area contributed by atoms with E-state index in [1.54, 1.807) is 26.0 Å². The van der Waals surface area contributed by atoms with Gasteiger partial charge in [-0.05, 0) is 20.3 Å². The molecule has 4 N–H and O–H groups in total. The second-order valence-corrected chi connectivity index (χ2v) is 4.83. The molecule has 0 aromatic rings. The summed E-state index contributed by atoms with van der Waals surface area (Å²) in [4.78, 5) is 22.4. The number of hydrogen-bond acceptors (Lipinski definition) is 3. The standard InChI is InChI=1S/C11H18N2O3/c1-11(2,6-9(14)15)13-10(16)7-3-4-8(12)5-7/h3-4,7-8H,5-6,12H2,1-2H3,(H,13,16)(H,14,15). The SMILES string of the molecule is CC(C)(CC(=O)O)NC(=O)C1C=CC(N)C1. The number of rotatable bonds is 4. The second kappa shape index (κ2) is 4.65. The van der Waals surface area contributed by atoms with E-state index in [9.17, 15) is 9.59 Å². The summed E-state index contributed by atoms with van der Waals surface area (Å²) in [6, 6.07) is -0.0710. The third-order valence-electron chi connectivity index (χ3n) is 2.51. The fourth-order valence-electron chi connectivity index (χ4n) is 1.77. The Hall–Kier alpha value is -1.36. The number of carbonyl (C=O) groups excluding carboxylic acids is 1. The molecule has 1 aliphatic rings. The van der Waals surface area contributed by atoms with Gasteiger partial charge in [-0.15, -0.1) is 0 Å². The Morgan fingerprint density at radius 3 is 2.56 bits per heavy atom. The molecule has 0 spiro atoms. The molecule has 0 aromatic heterocycles. The molecule has 5 heteroatoms. The molecule has 2 unspecified atom stereocenters. The molecule has 0 fully saturated rings. The monoisotopic (exact) mass is 226 g/mol. The first-order valence-electron chi connectivity index (χ1n) is 5.28. The van der Waals surface area contributed by atoms with E-state index >= 15 is 0 Å². The molecular formula is C11H18N2O3. The van der Waals surface area contributed by atoms with Crippen molar-refractivity contribution < 1.29 is 14.7 Å². The molecule has 1 aliphatic carbocycles. The smallest absolute Gasteiger partial charge is 0.305 e. The zero-order valence-corrected chi connectivity index (χ0v) is 9.56. The van der Waals surface area contributed by atoms with Gasteiger partial charge in [0.25, 0.3) is 0 Å². The molecule has 0 heterocycles. The maximum Gasteiger partial charge on any atom is 0.305 e. The average molecular weight is 226 g/mol. The number of nitrogens with one attached hydrogen (secondary N) is 1. The summed E-state index contributed by atoms with van der Waals surface area (Å²) >= 11 is 0. The highest BCUT2D eigenvalue weighted by molar-refractivity contribution is 5.82. The number of nitrogens with two attached hydrogens (primary N) is 1. The zero-order valence-electron chi connectivity index (χ0n) is 9.56. The van der Waals surface area contributed by atoms with Gasteiger partial charge in [-0.25, -0.2) is 0 Å². The molecule has 0 aromatic carbocycles. The number of carbonyl (C=O) groups is 2. The van der Waals surface area contributed by atoms with Crippen molar-refractivity contribution in [3.8, 4) is 0 Å². The van der Waals surface area contributed by atoms with Crippen molar-refractivity contribution >= 4 is 11.9 Å². The van der Waals surface area contributed by atoms with Crippen molar-refractivity contribution in [1.82, 2.24) is 5.32 Å². The topological polar surface area (TPSA) is 92.4 Å². The minimum absolute atomic E-state index is 0.0710. The van der Waals surface area contributed by atoms with Crippen molar-refractivity contribution in [2.45, 2.75) is 38.3 Å². The van der Waals surface area contributed by atoms with Gasteiger partial charge in [0.2, 0.25) is 5.91 Å². The fraction of sp³-hybridized carbons (Fsp3) is 0.636. The maximum absolute atomic E-state index is 11.8. The van der Waals surface area contributed by atoms with Crippen LogP contribution in [0.1, 0.15) is 26.7 Å². The minimum atomic E-state index is -0.927. The molecule has 0 radical (unpaired) electrons. The van der Waals surface area contributed by atoms with Crippen LogP contribution in [0.15, 0.2) is 12.2 Å². The first-order valence-corrected chi connectivity index (χ1v) is 5.28. The highest BCUT2D eigenvalue weighted by Crippen LogP contribution is 2.18. The third-order valence-corrected chi connectivity index (χ3v) is 2.51. The molecule has 1 amide bonds. The van der Waals surface area contributed by atoms with Crippen LogP contribution in [0.4, 0.5) is 0 Å². The van der Waals surface area contributed by atoms with Crippen LogP contribution >= 0.6 is 0 Å². The molecule has 0 saturated carbocycles. The molecule has 90 valence electrons. The van der Waals surface area contributed by atoms with Crippen LogP contribution in [-0.4, -0.2) is 28.6 Å². The van der Waals surface area contributed by atoms with Crippen LogP contribution in [0.3, 0.4) is 0 Å². The quantitative estimate of drug-likeness (QED) is 0.599. The zero-order chi connectivity index (χ0) is 12.3. The number of carboxylic acids is 1. The van der Waals surface area contributed by atoms with Gasteiger partial charge in [0.1, 0.15) is 0 Å². The van der Waals surface area contributed by atoms with Crippen LogP contribution in [0.25, 0.3) is 0 Å². The van der Waals surface area contributed by atoms with E-state index in [1.165, 1.54) is 0 Å². The summed E-state index contributed by atoms with van der Waals surface area (Å²) in [6.07, 6.45) is 4.07. The second-order valence-electron chi connectivity index (χ2n) is 4.83. The fourth-order valence-corrected chi connectivity index (χ4v) is 1.77. The minimum Gasteiger partial charge on any atom is -0.481 e. The lowest BCUT2D eigenvalue weighted by Crippen LogP contribution is -2.47. The number of aliphatic carboxylic acids is 1. The molecular weight excluding hydrogens is 208 g/mol. The molecule has 5 nitrogen and oxygen atoms in total. The van der Waals surface area contributed by atoms with Gasteiger partial charge >= 0.3 is 5.97 Å². The van der Waals surface area contributed by atoms with Crippen molar-refractivity contribution in [1.29, 1.82) is 0 Å². The van der Waals surface area contributed by atoms with E-state index < -0.39 is 11.5 Å². The van der Waals surface area contributed by atoms with Gasteiger partial charge in [0.15, 0.2) is 0 Å². The van der Waals surface area contributed by atoms with Crippen molar-refractivity contribution in [2.24, 2.45) is 11.7 Å². The van der Waals surface area contributed by atoms with E-state index in [-0.39, 0.29) is 24.3 Å². The molecule has 2 atom stereocenters. The Labute approximate surface area is 94.7 Å². The van der Waals surface area contributed by atoms with Crippen molar-refractivity contribution in [2.75, 3.05) is 0 Å². The van der Waals surface area contributed by atoms with E-state index in [1.807, 2.05) is 0 Å². The van der Waals surface area contributed by atoms with Crippen LogP contribution in [0, 0.1) is 5.92 Å². The highest BCUT2D eigenvalue weighted by Gasteiger charge is 2.29. The Morgan fingerprint density at radius 1 is 1.50 bits per heavy atom. The van der Waals surface area contributed by atoms with E-state index in [4.69, 9.17) is 10.8 Å². The molecule has 0 aliphatic heterocycles. The Balaban J connectivity index is 2.51. The van der Waals surface area contributed by atoms with Gasteiger partial charge < -0.3 is 16.2 Å². The van der Waals surface area contributed by atoms with E-state index in [0.717, 1.165) is 0 Å². The summed E-state index contributed by atoms with van der Waals surface area (Å²) in [6.45, 7) is 3.38. The highest BCUT2D eigenvalue weighted by atomic mass is 16.4. The molecule has 0 bridgehead atoms. The van der Waals surface area contributed by atoms with Gasteiger partial charge in [-0.3, -0.25) is 9.59 Å². The number of carboxylic acid groups (broad SMARTS) is 1. The lowest BCUT2D eigenvalue weighted by atomic mass is 9.98. The lowest BCUT2D eigenvalue weighted by molar-refractivity contribution is -0.138. The lowest BCUT2D eigenvalue weighted by Gasteiger charge is -2.25. The summed E-state index contributed by atoms with van der Waals surface area (Å²) in [7, 11) is 0. The summed E-state index contributed by atoms with van der Waals surface area (Å²) in [5, 5.41) is 11.4. The number of hydrogen-bond donors (Lipinski definition) is 3. The average Bonchev–Trinajstić information content (AvgIpc) is 2.47. The van der Waals surface area contributed by atoms with Crippen molar-refractivity contribution in [3.05, 3.63) is 12.2 Å². The molecule has 0 saturated heterocycles. The van der Waals surface area contributed by atoms with Crippen LogP contribution < -0.4 is 11.1 Å². The van der Waals surface area contributed by atoms with E-state index in [0.29, 0.717) is 6.42 Å². The summed E-state index contributed by atoms with van der Waals surface area (Å²) < 4.78 is 0. The Kier molecular flexibility index (Phi) is 3.70. The molecule has 16 heavy (non-hydrogen) atoms. The maximum atomic E-state index is 11.8.